The molecule has 13 heavy (non-hydrogen) atoms. The maximum absolute atomic E-state index is 10.9. The van der Waals surface area contributed by atoms with Gasteiger partial charge >= 0.3 is 0 Å². The summed E-state index contributed by atoms with van der Waals surface area (Å²) in [5, 5.41) is 4.00. The highest BCUT2D eigenvalue weighted by Crippen LogP contribution is 2.03. The van der Waals surface area contributed by atoms with E-state index in [1.165, 1.54) is 13.8 Å². The molecule has 0 aliphatic carbocycles. The van der Waals surface area contributed by atoms with E-state index in [0.29, 0.717) is 5.69 Å². The number of ketones is 2. The lowest BCUT2D eigenvalue weighted by molar-refractivity contribution is -0.117. The molecule has 4 nitrogen and oxygen atoms in total. The largest absolute Gasteiger partial charge is 0.298 e. The van der Waals surface area contributed by atoms with Crippen molar-refractivity contribution in [2.75, 3.05) is 0 Å². The first kappa shape index (κ1) is 9.64. The third-order valence-corrected chi connectivity index (χ3v) is 1.71. The molecule has 0 saturated carbocycles. The van der Waals surface area contributed by atoms with Gasteiger partial charge in [0.05, 0.1) is 6.54 Å². The minimum atomic E-state index is -0.0783. The number of nitrogens with zero attached hydrogens (tertiary/aromatic N) is 2. The average Bonchev–Trinajstić information content (AvgIpc) is 2.31. The van der Waals surface area contributed by atoms with Crippen LogP contribution in [-0.4, -0.2) is 21.3 Å². The maximum atomic E-state index is 10.9. The summed E-state index contributed by atoms with van der Waals surface area (Å²) < 4.78 is 1.54. The second-order valence-electron chi connectivity index (χ2n) is 3.09. The fourth-order valence-electron chi connectivity index (χ4n) is 1.05. The van der Waals surface area contributed by atoms with Gasteiger partial charge in [0.25, 0.3) is 0 Å². The molecule has 1 aromatic rings. The molecular formula is C9H12N2O2. The van der Waals surface area contributed by atoms with Crippen molar-refractivity contribution in [3.05, 3.63) is 17.5 Å². The highest BCUT2D eigenvalue weighted by Gasteiger charge is 2.08. The van der Waals surface area contributed by atoms with E-state index in [1.54, 1.807) is 10.7 Å². The van der Waals surface area contributed by atoms with Crippen LogP contribution in [0.4, 0.5) is 0 Å². The number of rotatable bonds is 3. The van der Waals surface area contributed by atoms with E-state index in [2.05, 4.69) is 5.10 Å². The Labute approximate surface area is 76.6 Å². The van der Waals surface area contributed by atoms with Crippen LogP contribution in [0.15, 0.2) is 6.07 Å². The van der Waals surface area contributed by atoms with Gasteiger partial charge in [-0.05, 0) is 19.9 Å². The van der Waals surface area contributed by atoms with E-state index in [4.69, 9.17) is 0 Å². The summed E-state index contributed by atoms with van der Waals surface area (Å²) >= 11 is 0. The van der Waals surface area contributed by atoms with E-state index in [0.717, 1.165) is 5.69 Å². The third kappa shape index (κ3) is 2.24. The molecule has 1 heterocycles. The van der Waals surface area contributed by atoms with E-state index in [-0.39, 0.29) is 18.1 Å². The molecule has 0 unspecified atom stereocenters. The summed E-state index contributed by atoms with van der Waals surface area (Å²) in [4.78, 5) is 21.7. The van der Waals surface area contributed by atoms with Gasteiger partial charge in [-0.2, -0.15) is 5.10 Å². The van der Waals surface area contributed by atoms with Crippen LogP contribution < -0.4 is 0 Å². The van der Waals surface area contributed by atoms with Crippen LogP contribution in [-0.2, 0) is 11.3 Å². The van der Waals surface area contributed by atoms with Crippen molar-refractivity contribution >= 4 is 11.6 Å². The Balaban J connectivity index is 2.96. The Morgan fingerprint density at radius 3 is 2.46 bits per heavy atom. The number of hydrogen-bond donors (Lipinski definition) is 0. The Bertz CT molecular complexity index is 352. The Kier molecular flexibility index (Phi) is 2.60. The zero-order chi connectivity index (χ0) is 10.0. The molecule has 0 aromatic carbocycles. The van der Waals surface area contributed by atoms with Crippen molar-refractivity contribution in [1.29, 1.82) is 0 Å². The fraction of sp³-hybridized carbons (Fsp3) is 0.444. The van der Waals surface area contributed by atoms with Crippen molar-refractivity contribution in [1.82, 2.24) is 9.78 Å². The molecule has 0 saturated heterocycles. The number of aromatic nitrogens is 2. The van der Waals surface area contributed by atoms with Crippen LogP contribution in [0.3, 0.4) is 0 Å². The lowest BCUT2D eigenvalue weighted by Crippen LogP contribution is -2.09. The van der Waals surface area contributed by atoms with Crippen LogP contribution in [0, 0.1) is 6.92 Å². The molecule has 0 bridgehead atoms. The fourth-order valence-corrected chi connectivity index (χ4v) is 1.05. The van der Waals surface area contributed by atoms with Gasteiger partial charge in [-0.15, -0.1) is 0 Å². The van der Waals surface area contributed by atoms with Crippen LogP contribution in [0.25, 0.3) is 0 Å². The number of carbonyl (C=O) groups excluding carboxylic acids is 2. The molecule has 1 rings (SSSR count). The smallest absolute Gasteiger partial charge is 0.179 e. The summed E-state index contributed by atoms with van der Waals surface area (Å²) in [6, 6.07) is 1.69. The lowest BCUT2D eigenvalue weighted by Gasteiger charge is -1.98. The Hall–Kier alpha value is -1.45. The van der Waals surface area contributed by atoms with Gasteiger partial charge in [-0.3, -0.25) is 14.3 Å². The van der Waals surface area contributed by atoms with Crippen molar-refractivity contribution in [3.8, 4) is 0 Å². The number of aryl methyl sites for hydroxylation is 1. The second-order valence-corrected chi connectivity index (χ2v) is 3.09. The van der Waals surface area contributed by atoms with Crippen molar-refractivity contribution in [3.63, 3.8) is 0 Å². The SMILES string of the molecule is CC(=O)Cn1nc(C(C)=O)cc1C. The average molecular weight is 180 g/mol. The molecule has 70 valence electrons. The van der Waals surface area contributed by atoms with Crippen molar-refractivity contribution in [2.24, 2.45) is 0 Å². The highest BCUT2D eigenvalue weighted by atomic mass is 16.1. The van der Waals surface area contributed by atoms with Gasteiger partial charge in [0.15, 0.2) is 11.6 Å². The zero-order valence-electron chi connectivity index (χ0n) is 8.00. The molecule has 1 aromatic heterocycles. The summed E-state index contributed by atoms with van der Waals surface area (Å²) in [7, 11) is 0. The molecule has 0 aliphatic rings. The zero-order valence-corrected chi connectivity index (χ0v) is 8.00. The third-order valence-electron chi connectivity index (χ3n) is 1.71. The van der Waals surface area contributed by atoms with Gasteiger partial charge in [0.2, 0.25) is 0 Å². The van der Waals surface area contributed by atoms with Crippen LogP contribution in [0.5, 0.6) is 0 Å². The quantitative estimate of drug-likeness (QED) is 0.651. The van der Waals surface area contributed by atoms with Crippen LogP contribution >= 0.6 is 0 Å². The highest BCUT2D eigenvalue weighted by molar-refractivity contribution is 5.92. The Morgan fingerprint density at radius 2 is 2.08 bits per heavy atom. The first-order chi connectivity index (χ1) is 6.00. The number of Topliss-reactive ketones (excluding diaryl/α,β-unsaturated/α-hetero) is 2. The van der Waals surface area contributed by atoms with E-state index >= 15 is 0 Å². The predicted molar refractivity (Wildman–Crippen MR) is 47.6 cm³/mol. The van der Waals surface area contributed by atoms with E-state index in [1.807, 2.05) is 6.92 Å². The van der Waals surface area contributed by atoms with Crippen molar-refractivity contribution < 1.29 is 9.59 Å². The maximum Gasteiger partial charge on any atom is 0.179 e. The molecular weight excluding hydrogens is 168 g/mol. The minimum Gasteiger partial charge on any atom is -0.298 e. The van der Waals surface area contributed by atoms with Gasteiger partial charge in [0, 0.05) is 12.6 Å². The molecule has 0 spiro atoms. The first-order valence-electron chi connectivity index (χ1n) is 4.05. The van der Waals surface area contributed by atoms with Gasteiger partial charge in [-0.1, -0.05) is 0 Å². The molecule has 0 fully saturated rings. The van der Waals surface area contributed by atoms with Gasteiger partial charge in [-0.25, -0.2) is 0 Å². The summed E-state index contributed by atoms with van der Waals surface area (Å²) in [6.45, 7) is 5.01. The predicted octanol–water partition coefficient (Wildman–Crippen LogP) is 0.983. The molecule has 0 amide bonds. The molecule has 0 atom stereocenters. The monoisotopic (exact) mass is 180 g/mol. The van der Waals surface area contributed by atoms with Crippen molar-refractivity contribution in [2.45, 2.75) is 27.3 Å². The summed E-state index contributed by atoms with van der Waals surface area (Å²) in [6.07, 6.45) is 0. The second kappa shape index (κ2) is 3.51. The van der Waals surface area contributed by atoms with Crippen LogP contribution in [0.2, 0.25) is 0 Å². The number of hydrogen-bond acceptors (Lipinski definition) is 3. The first-order valence-corrected chi connectivity index (χ1v) is 4.05. The normalized spacial score (nSPS) is 10.1. The number of carbonyl (C=O) groups is 2. The summed E-state index contributed by atoms with van der Waals surface area (Å²) in [5.41, 5.74) is 1.25. The molecule has 4 heteroatoms. The van der Waals surface area contributed by atoms with Gasteiger partial charge < -0.3 is 0 Å². The van der Waals surface area contributed by atoms with Gasteiger partial charge in [0.1, 0.15) is 5.69 Å². The summed E-state index contributed by atoms with van der Waals surface area (Å²) in [5.74, 6) is -0.0493. The minimum absolute atomic E-state index is 0.0290. The topological polar surface area (TPSA) is 52.0 Å². The molecule has 0 radical (unpaired) electrons. The van der Waals surface area contributed by atoms with Crippen LogP contribution in [0.1, 0.15) is 30.0 Å². The molecule has 0 N–H and O–H groups in total. The van der Waals surface area contributed by atoms with E-state index < -0.39 is 0 Å². The molecule has 0 aliphatic heterocycles. The lowest BCUT2D eigenvalue weighted by atomic mass is 10.3. The Morgan fingerprint density at radius 1 is 1.46 bits per heavy atom. The van der Waals surface area contributed by atoms with E-state index in [9.17, 15) is 9.59 Å². The standard InChI is InChI=1S/C9H12N2O2/c1-6-4-9(8(3)13)10-11(6)5-7(2)12/h4H,5H2,1-3H3.